The van der Waals surface area contributed by atoms with Gasteiger partial charge in [-0.1, -0.05) is 30.3 Å². The van der Waals surface area contributed by atoms with E-state index in [1.807, 2.05) is 36.7 Å². The maximum Gasteiger partial charge on any atom is 0.184 e. The molecule has 21 heavy (non-hydrogen) atoms. The highest BCUT2D eigenvalue weighted by Gasteiger charge is 2.17. The smallest absolute Gasteiger partial charge is 0.184 e. The highest BCUT2D eigenvalue weighted by molar-refractivity contribution is 5.83. The van der Waals surface area contributed by atoms with Gasteiger partial charge in [-0.15, -0.1) is 0 Å². The van der Waals surface area contributed by atoms with Crippen LogP contribution in [0.2, 0.25) is 0 Å². The number of aromatic nitrogens is 4. The monoisotopic (exact) mass is 283 g/mol. The first-order valence-electron chi connectivity index (χ1n) is 6.70. The lowest BCUT2D eigenvalue weighted by molar-refractivity contribution is 0.161. The van der Waals surface area contributed by atoms with Gasteiger partial charge in [-0.3, -0.25) is 4.84 Å². The lowest BCUT2D eigenvalue weighted by atomic mass is 10.2. The standard InChI is InChI=1S/C15H17N5O/c1-11-17-14-13(16-10-19(14)2)15(18-11)20(21-3)9-12-7-5-4-6-8-12/h4-8,10H,9H2,1-3H3. The zero-order valence-corrected chi connectivity index (χ0v) is 12.3. The molecule has 0 atom stereocenters. The largest absolute Gasteiger partial charge is 0.318 e. The summed E-state index contributed by atoms with van der Waals surface area (Å²) in [5.41, 5.74) is 2.67. The maximum atomic E-state index is 5.51. The Bertz CT molecular complexity index is 753. The predicted molar refractivity (Wildman–Crippen MR) is 80.7 cm³/mol. The van der Waals surface area contributed by atoms with Gasteiger partial charge in [-0.25, -0.2) is 20.0 Å². The van der Waals surface area contributed by atoms with Gasteiger partial charge in [0.15, 0.2) is 17.0 Å². The van der Waals surface area contributed by atoms with Gasteiger partial charge < -0.3 is 4.57 Å². The van der Waals surface area contributed by atoms with E-state index >= 15 is 0 Å². The van der Waals surface area contributed by atoms with Gasteiger partial charge in [0.05, 0.1) is 20.0 Å². The second-order valence-electron chi connectivity index (χ2n) is 4.83. The molecule has 2 heterocycles. The van der Waals surface area contributed by atoms with Gasteiger partial charge in [0, 0.05) is 7.05 Å². The van der Waals surface area contributed by atoms with Crippen molar-refractivity contribution in [3.8, 4) is 0 Å². The van der Waals surface area contributed by atoms with Crippen LogP contribution >= 0.6 is 0 Å². The zero-order valence-electron chi connectivity index (χ0n) is 12.3. The highest BCUT2D eigenvalue weighted by atomic mass is 16.7. The van der Waals surface area contributed by atoms with E-state index in [0.717, 1.165) is 16.7 Å². The van der Waals surface area contributed by atoms with Crippen molar-refractivity contribution in [1.82, 2.24) is 19.5 Å². The number of benzene rings is 1. The number of imidazole rings is 1. The molecule has 1 aromatic carbocycles. The fourth-order valence-corrected chi connectivity index (χ4v) is 2.25. The number of hydrogen-bond acceptors (Lipinski definition) is 5. The molecule has 0 N–H and O–H groups in total. The van der Waals surface area contributed by atoms with Crippen molar-refractivity contribution in [2.75, 3.05) is 12.2 Å². The van der Waals surface area contributed by atoms with Crippen molar-refractivity contribution in [2.45, 2.75) is 13.5 Å². The van der Waals surface area contributed by atoms with Crippen LogP contribution in [0.15, 0.2) is 36.7 Å². The minimum Gasteiger partial charge on any atom is -0.318 e. The quantitative estimate of drug-likeness (QED) is 0.687. The second-order valence-corrected chi connectivity index (χ2v) is 4.83. The topological polar surface area (TPSA) is 56.1 Å². The van der Waals surface area contributed by atoms with Crippen LogP contribution in [0.25, 0.3) is 11.2 Å². The first kappa shape index (κ1) is 13.5. The Hall–Kier alpha value is -2.47. The maximum absolute atomic E-state index is 5.51. The van der Waals surface area contributed by atoms with Crippen LogP contribution in [0.1, 0.15) is 11.4 Å². The van der Waals surface area contributed by atoms with E-state index in [-0.39, 0.29) is 0 Å². The first-order valence-corrected chi connectivity index (χ1v) is 6.70. The molecular weight excluding hydrogens is 266 g/mol. The van der Waals surface area contributed by atoms with E-state index < -0.39 is 0 Å². The lowest BCUT2D eigenvalue weighted by Crippen LogP contribution is -2.23. The fraction of sp³-hybridized carbons (Fsp3) is 0.267. The minimum absolute atomic E-state index is 0.597. The molecule has 0 fully saturated rings. The Morgan fingerprint density at radius 2 is 1.95 bits per heavy atom. The molecule has 0 bridgehead atoms. The van der Waals surface area contributed by atoms with Gasteiger partial charge in [0.25, 0.3) is 0 Å². The van der Waals surface area contributed by atoms with E-state index in [9.17, 15) is 0 Å². The average molecular weight is 283 g/mol. The van der Waals surface area contributed by atoms with Crippen LogP contribution in [-0.4, -0.2) is 26.6 Å². The Kier molecular flexibility index (Phi) is 3.53. The number of aryl methyl sites for hydroxylation is 2. The van der Waals surface area contributed by atoms with Gasteiger partial charge >= 0.3 is 0 Å². The van der Waals surface area contributed by atoms with E-state index in [2.05, 4.69) is 27.1 Å². The number of anilines is 1. The SMILES string of the molecule is CON(Cc1ccccc1)c1nc(C)nc2c1ncn2C. The summed E-state index contributed by atoms with van der Waals surface area (Å²) >= 11 is 0. The van der Waals surface area contributed by atoms with Gasteiger partial charge in [0.2, 0.25) is 0 Å². The molecule has 2 aromatic heterocycles. The Morgan fingerprint density at radius 1 is 1.19 bits per heavy atom. The summed E-state index contributed by atoms with van der Waals surface area (Å²) in [7, 11) is 3.55. The van der Waals surface area contributed by atoms with Crippen molar-refractivity contribution in [1.29, 1.82) is 0 Å². The molecule has 108 valence electrons. The minimum atomic E-state index is 0.597. The molecule has 0 amide bonds. The van der Waals surface area contributed by atoms with Crippen molar-refractivity contribution in [2.24, 2.45) is 7.05 Å². The molecule has 0 saturated heterocycles. The Balaban J connectivity index is 2.04. The molecule has 0 unspecified atom stereocenters. The summed E-state index contributed by atoms with van der Waals surface area (Å²) in [4.78, 5) is 18.8. The summed E-state index contributed by atoms with van der Waals surface area (Å²) in [5, 5.41) is 1.74. The van der Waals surface area contributed by atoms with Crippen LogP contribution in [-0.2, 0) is 18.4 Å². The third-order valence-electron chi connectivity index (χ3n) is 3.28. The van der Waals surface area contributed by atoms with Crippen LogP contribution in [0.5, 0.6) is 0 Å². The Labute approximate surface area is 123 Å². The van der Waals surface area contributed by atoms with Crippen LogP contribution in [0.3, 0.4) is 0 Å². The molecule has 0 spiro atoms. The fourth-order valence-electron chi connectivity index (χ4n) is 2.25. The lowest BCUT2D eigenvalue weighted by Gasteiger charge is -2.21. The van der Waals surface area contributed by atoms with E-state index in [1.165, 1.54) is 0 Å². The molecule has 6 nitrogen and oxygen atoms in total. The molecule has 0 radical (unpaired) electrons. The van der Waals surface area contributed by atoms with Crippen LogP contribution in [0.4, 0.5) is 5.82 Å². The number of hydrogen-bond donors (Lipinski definition) is 0. The second kappa shape index (κ2) is 5.49. The average Bonchev–Trinajstić information content (AvgIpc) is 2.87. The number of hydroxylamine groups is 1. The van der Waals surface area contributed by atoms with E-state index in [4.69, 9.17) is 4.84 Å². The summed E-state index contributed by atoms with van der Waals surface area (Å²) in [6.07, 6.45) is 1.73. The molecule has 3 aromatic rings. The highest BCUT2D eigenvalue weighted by Crippen LogP contribution is 2.23. The van der Waals surface area contributed by atoms with Crippen molar-refractivity contribution in [3.63, 3.8) is 0 Å². The van der Waals surface area contributed by atoms with Gasteiger partial charge in [-0.05, 0) is 12.5 Å². The van der Waals surface area contributed by atoms with Crippen molar-refractivity contribution < 1.29 is 4.84 Å². The number of nitrogens with zero attached hydrogens (tertiary/aromatic N) is 5. The third kappa shape index (κ3) is 2.57. The number of fused-ring (bicyclic) bond motifs is 1. The van der Waals surface area contributed by atoms with Gasteiger partial charge in [-0.2, -0.15) is 0 Å². The normalized spacial score (nSPS) is 11.0. The van der Waals surface area contributed by atoms with Crippen molar-refractivity contribution in [3.05, 3.63) is 48.0 Å². The van der Waals surface area contributed by atoms with E-state index in [0.29, 0.717) is 18.2 Å². The Morgan fingerprint density at radius 3 is 2.67 bits per heavy atom. The molecule has 0 aliphatic rings. The van der Waals surface area contributed by atoms with E-state index in [1.54, 1.807) is 18.5 Å². The third-order valence-corrected chi connectivity index (χ3v) is 3.28. The van der Waals surface area contributed by atoms with Crippen molar-refractivity contribution >= 4 is 17.0 Å². The summed E-state index contributed by atoms with van der Waals surface area (Å²) in [5.74, 6) is 1.38. The molecule has 0 aliphatic heterocycles. The summed E-state index contributed by atoms with van der Waals surface area (Å²) in [6.45, 7) is 2.46. The zero-order chi connectivity index (χ0) is 14.8. The molecule has 0 aliphatic carbocycles. The molecular formula is C15H17N5O. The first-order chi connectivity index (χ1) is 10.2. The molecule has 0 saturated carbocycles. The van der Waals surface area contributed by atoms with Crippen LogP contribution in [0, 0.1) is 6.92 Å². The number of rotatable bonds is 4. The molecule has 6 heteroatoms. The van der Waals surface area contributed by atoms with Crippen LogP contribution < -0.4 is 5.06 Å². The predicted octanol–water partition coefficient (Wildman–Crippen LogP) is 2.24. The summed E-state index contributed by atoms with van der Waals surface area (Å²) < 4.78 is 1.88. The molecule has 3 rings (SSSR count). The summed E-state index contributed by atoms with van der Waals surface area (Å²) in [6, 6.07) is 10.1. The van der Waals surface area contributed by atoms with Gasteiger partial charge in [0.1, 0.15) is 5.82 Å².